The maximum Gasteiger partial charge on any atom is 0.222 e. The number of hydrogen-bond acceptors (Lipinski definition) is 3. The molecule has 0 amide bonds. The molecule has 8 heteroatoms. The van der Waals surface area contributed by atoms with E-state index in [-0.39, 0.29) is 16.4 Å². The maximum atomic E-state index is 14.8. The van der Waals surface area contributed by atoms with Gasteiger partial charge < -0.3 is 0 Å². The van der Waals surface area contributed by atoms with Crippen molar-refractivity contribution < 1.29 is 17.0 Å². The molecule has 0 aliphatic rings. The van der Waals surface area contributed by atoms with Crippen LogP contribution >= 0.6 is 11.6 Å². The highest BCUT2D eigenvalue weighted by Gasteiger charge is 2.22. The van der Waals surface area contributed by atoms with Gasteiger partial charge in [-0.3, -0.25) is 0 Å². The van der Waals surface area contributed by atoms with Gasteiger partial charge in [-0.05, 0) is 29.7 Å². The van der Waals surface area contributed by atoms with Gasteiger partial charge in [-0.15, -0.1) is 3.71 Å². The normalized spacial score (nSPS) is 13.4. The summed E-state index contributed by atoms with van der Waals surface area (Å²) in [5.74, 6) is -0.397. The van der Waals surface area contributed by atoms with Gasteiger partial charge in [0.2, 0.25) is 10.0 Å². The van der Waals surface area contributed by atoms with E-state index in [1.165, 1.54) is 25.2 Å². The Bertz CT molecular complexity index is 929. The smallest absolute Gasteiger partial charge is 0.222 e. The van der Waals surface area contributed by atoms with Crippen LogP contribution in [0.4, 0.5) is 4.39 Å². The lowest BCUT2D eigenvalue weighted by molar-refractivity contribution is 0.561. The Kier molecular flexibility index (Phi) is 6.04. The minimum atomic E-state index is -3.64. The summed E-state index contributed by atoms with van der Waals surface area (Å²) in [7, 11) is -4.36. The standard InChI is InChI=1S/C17H19ClFNO3S2/c1-11(2)13-6-5-7-14(17(13)19)15-10-12(8-9-16(15)18)24(21)20(3)25(4,22)23/h5-11H,1-4H3. The number of hydrogen-bond donors (Lipinski definition) is 0. The van der Waals surface area contributed by atoms with Crippen LogP contribution in [0.15, 0.2) is 41.3 Å². The number of halogens is 2. The Morgan fingerprint density at radius 3 is 2.36 bits per heavy atom. The van der Waals surface area contributed by atoms with Crippen molar-refractivity contribution >= 4 is 32.6 Å². The van der Waals surface area contributed by atoms with Crippen LogP contribution in [0.3, 0.4) is 0 Å². The summed E-state index contributed by atoms with van der Waals surface area (Å²) in [4.78, 5) is 0.224. The van der Waals surface area contributed by atoms with Crippen molar-refractivity contribution in [2.75, 3.05) is 13.3 Å². The van der Waals surface area contributed by atoms with Gasteiger partial charge in [-0.1, -0.05) is 43.6 Å². The molecule has 0 aliphatic carbocycles. The van der Waals surface area contributed by atoms with Gasteiger partial charge in [0, 0.05) is 23.2 Å². The van der Waals surface area contributed by atoms with Crippen LogP contribution in [0.25, 0.3) is 11.1 Å². The lowest BCUT2D eigenvalue weighted by Gasteiger charge is -2.16. The molecule has 0 N–H and O–H groups in total. The number of nitrogens with zero attached hydrogens (tertiary/aromatic N) is 1. The van der Waals surface area contributed by atoms with E-state index in [0.717, 1.165) is 9.97 Å². The van der Waals surface area contributed by atoms with E-state index in [1.54, 1.807) is 18.2 Å². The molecule has 2 rings (SSSR count). The summed E-state index contributed by atoms with van der Waals surface area (Å²) >= 11 is 6.21. The summed E-state index contributed by atoms with van der Waals surface area (Å²) < 4.78 is 51.2. The summed E-state index contributed by atoms with van der Waals surface area (Å²) in [5, 5.41) is 0.294. The zero-order valence-electron chi connectivity index (χ0n) is 14.3. The largest absolute Gasteiger partial charge is 0.236 e. The topological polar surface area (TPSA) is 54.5 Å². The maximum absolute atomic E-state index is 14.8. The molecule has 0 aromatic heterocycles. The first-order valence-corrected chi connectivity index (χ1v) is 10.8. The van der Waals surface area contributed by atoms with Gasteiger partial charge in [-0.2, -0.15) is 0 Å². The molecule has 25 heavy (non-hydrogen) atoms. The number of sulfonamides is 1. The summed E-state index contributed by atoms with van der Waals surface area (Å²) in [6, 6.07) is 9.45. The van der Waals surface area contributed by atoms with Gasteiger partial charge in [0.25, 0.3) is 0 Å². The molecule has 0 bridgehead atoms. The third-order valence-corrected chi connectivity index (χ3v) is 7.39. The van der Waals surface area contributed by atoms with Gasteiger partial charge in [-0.25, -0.2) is 17.0 Å². The summed E-state index contributed by atoms with van der Waals surface area (Å²) in [6.07, 6.45) is 0.966. The summed E-state index contributed by atoms with van der Waals surface area (Å²) in [6.45, 7) is 3.77. The first kappa shape index (κ1) is 20.0. The van der Waals surface area contributed by atoms with Crippen LogP contribution in [0.1, 0.15) is 25.3 Å². The molecule has 0 radical (unpaired) electrons. The molecule has 136 valence electrons. The second kappa shape index (κ2) is 7.53. The molecule has 2 aromatic carbocycles. The fourth-order valence-corrected chi connectivity index (χ4v) is 4.46. The minimum absolute atomic E-state index is 0.00703. The summed E-state index contributed by atoms with van der Waals surface area (Å²) in [5.41, 5.74) is 1.21. The van der Waals surface area contributed by atoms with Crippen molar-refractivity contribution in [2.45, 2.75) is 24.7 Å². The molecule has 0 heterocycles. The van der Waals surface area contributed by atoms with E-state index in [0.29, 0.717) is 16.1 Å². The zero-order chi connectivity index (χ0) is 18.9. The van der Waals surface area contributed by atoms with E-state index < -0.39 is 26.8 Å². The predicted molar refractivity (Wildman–Crippen MR) is 100.0 cm³/mol. The van der Waals surface area contributed by atoms with Crippen LogP contribution in [-0.2, 0) is 21.0 Å². The Morgan fingerprint density at radius 1 is 1.16 bits per heavy atom. The van der Waals surface area contributed by atoms with Gasteiger partial charge >= 0.3 is 0 Å². The first-order valence-electron chi connectivity index (χ1n) is 7.48. The zero-order valence-corrected chi connectivity index (χ0v) is 16.7. The van der Waals surface area contributed by atoms with Crippen LogP contribution in [0, 0.1) is 5.82 Å². The van der Waals surface area contributed by atoms with Crippen LogP contribution in [-0.4, -0.2) is 29.6 Å². The quantitative estimate of drug-likeness (QED) is 0.752. The Morgan fingerprint density at radius 2 is 1.80 bits per heavy atom. The molecule has 0 spiro atoms. The van der Waals surface area contributed by atoms with E-state index in [2.05, 4.69) is 0 Å². The average Bonchev–Trinajstić information content (AvgIpc) is 2.53. The SMILES string of the molecule is CC(C)c1cccc(-c2cc(S(=O)N(C)S(C)(=O)=O)ccc2Cl)c1F. The molecule has 0 saturated heterocycles. The van der Waals surface area contributed by atoms with Crippen molar-refractivity contribution in [3.05, 3.63) is 52.8 Å². The lowest BCUT2D eigenvalue weighted by atomic mass is 9.96. The predicted octanol–water partition coefficient (Wildman–Crippen LogP) is 4.18. The number of rotatable bonds is 5. The number of benzene rings is 2. The second-order valence-electron chi connectivity index (χ2n) is 5.93. The molecule has 0 fully saturated rings. The molecule has 0 aliphatic heterocycles. The highest BCUT2D eigenvalue weighted by molar-refractivity contribution is 8.00. The molecule has 0 saturated carbocycles. The highest BCUT2D eigenvalue weighted by Crippen LogP contribution is 2.34. The molecule has 1 unspecified atom stereocenters. The van der Waals surface area contributed by atoms with Gasteiger partial charge in [0.1, 0.15) is 16.8 Å². The second-order valence-corrected chi connectivity index (χ2v) is 10.1. The molecular formula is C17H19ClFNO3S2. The van der Waals surface area contributed by atoms with E-state index >= 15 is 0 Å². The fourth-order valence-electron chi connectivity index (χ4n) is 2.29. The van der Waals surface area contributed by atoms with Gasteiger partial charge in [0.15, 0.2) is 0 Å². The molecule has 4 nitrogen and oxygen atoms in total. The van der Waals surface area contributed by atoms with Gasteiger partial charge in [0.05, 0.1) is 11.2 Å². The fraction of sp³-hybridized carbons (Fsp3) is 0.294. The molecule has 1 atom stereocenters. The van der Waals surface area contributed by atoms with Crippen molar-refractivity contribution in [2.24, 2.45) is 0 Å². The molecular weight excluding hydrogens is 385 g/mol. The lowest BCUT2D eigenvalue weighted by Crippen LogP contribution is -2.27. The first-order chi connectivity index (χ1) is 11.5. The van der Waals surface area contributed by atoms with Crippen LogP contribution < -0.4 is 0 Å². The third-order valence-electron chi connectivity index (χ3n) is 3.78. The Hall–Kier alpha value is -1.28. The highest BCUT2D eigenvalue weighted by atomic mass is 35.5. The average molecular weight is 404 g/mol. The molecule has 2 aromatic rings. The Labute approximate surface area is 155 Å². The van der Waals surface area contributed by atoms with Crippen LogP contribution in [0.5, 0.6) is 0 Å². The van der Waals surface area contributed by atoms with Crippen LogP contribution in [0.2, 0.25) is 5.02 Å². The van der Waals surface area contributed by atoms with E-state index in [9.17, 15) is 17.0 Å². The van der Waals surface area contributed by atoms with E-state index in [4.69, 9.17) is 11.6 Å². The minimum Gasteiger partial charge on any atom is -0.236 e. The Balaban J connectivity index is 2.59. The van der Waals surface area contributed by atoms with Crippen molar-refractivity contribution in [3.63, 3.8) is 0 Å². The third kappa shape index (κ3) is 4.28. The van der Waals surface area contributed by atoms with E-state index in [1.807, 2.05) is 13.8 Å². The van der Waals surface area contributed by atoms with Crippen molar-refractivity contribution in [1.82, 2.24) is 3.71 Å². The monoisotopic (exact) mass is 403 g/mol. The van der Waals surface area contributed by atoms with Crippen molar-refractivity contribution in [1.29, 1.82) is 0 Å². The van der Waals surface area contributed by atoms with Crippen molar-refractivity contribution in [3.8, 4) is 11.1 Å².